The number of amides is 3. The first-order valence-corrected chi connectivity index (χ1v) is 10.6. The molecule has 1 heterocycles. The van der Waals surface area contributed by atoms with Crippen LogP contribution in [-0.4, -0.2) is 59.2 Å². The smallest absolute Gasteiger partial charge is 0.322 e. The normalized spacial score (nSPS) is 13.2. The lowest BCUT2D eigenvalue weighted by atomic mass is 10.1. The highest BCUT2D eigenvalue weighted by Crippen LogP contribution is 2.28. The van der Waals surface area contributed by atoms with E-state index in [2.05, 4.69) is 5.32 Å². The second kappa shape index (κ2) is 10.3. The van der Waals surface area contributed by atoms with Gasteiger partial charge in [0, 0.05) is 44.3 Å². The van der Waals surface area contributed by atoms with E-state index in [1.165, 1.54) is 0 Å². The van der Waals surface area contributed by atoms with Crippen LogP contribution in [0, 0.1) is 0 Å². The maximum atomic E-state index is 13.2. The number of aryl methyl sites for hydroxylation is 2. The summed E-state index contributed by atoms with van der Waals surface area (Å²) in [7, 11) is 3.57. The Morgan fingerprint density at radius 3 is 2.60 bits per heavy atom. The van der Waals surface area contributed by atoms with E-state index >= 15 is 0 Å². The number of ether oxygens (including phenoxy) is 1. The van der Waals surface area contributed by atoms with Gasteiger partial charge < -0.3 is 24.4 Å². The highest BCUT2D eigenvalue weighted by Gasteiger charge is 2.34. The molecule has 30 heavy (non-hydrogen) atoms. The zero-order valence-electron chi connectivity index (χ0n) is 18.1. The molecule has 0 radical (unpaired) electrons. The van der Waals surface area contributed by atoms with Crippen LogP contribution in [0.5, 0.6) is 0 Å². The van der Waals surface area contributed by atoms with Gasteiger partial charge in [-0.15, -0.1) is 0 Å². The van der Waals surface area contributed by atoms with Gasteiger partial charge in [-0.05, 0) is 43.0 Å². The number of nitrogens with one attached hydrogen (secondary N) is 1. The van der Waals surface area contributed by atoms with Crippen LogP contribution in [0.25, 0.3) is 0 Å². The Labute approximate surface area is 178 Å². The number of para-hydroxylation sites is 1. The fraction of sp³-hybridized carbons (Fsp3) is 0.478. The van der Waals surface area contributed by atoms with Crippen molar-refractivity contribution >= 4 is 17.6 Å². The Morgan fingerprint density at radius 2 is 1.97 bits per heavy atom. The molecule has 0 spiro atoms. The fourth-order valence-electron chi connectivity index (χ4n) is 3.50. The summed E-state index contributed by atoms with van der Waals surface area (Å²) in [6.07, 6.45) is 4.84. The Balaban J connectivity index is 1.70. The van der Waals surface area contributed by atoms with Crippen molar-refractivity contribution in [1.82, 2.24) is 14.4 Å². The molecule has 1 saturated carbocycles. The van der Waals surface area contributed by atoms with Gasteiger partial charge in [0.05, 0.1) is 13.2 Å². The van der Waals surface area contributed by atoms with Gasteiger partial charge in [-0.2, -0.15) is 0 Å². The minimum atomic E-state index is -0.282. The molecule has 0 atom stereocenters. The van der Waals surface area contributed by atoms with Gasteiger partial charge >= 0.3 is 6.03 Å². The van der Waals surface area contributed by atoms with Crippen molar-refractivity contribution in [1.29, 1.82) is 0 Å². The van der Waals surface area contributed by atoms with Crippen molar-refractivity contribution in [3.63, 3.8) is 0 Å². The van der Waals surface area contributed by atoms with Crippen LogP contribution < -0.4 is 5.32 Å². The monoisotopic (exact) mass is 412 g/mol. The largest absolute Gasteiger partial charge is 0.383 e. The van der Waals surface area contributed by atoms with Crippen LogP contribution in [0.15, 0.2) is 42.6 Å². The second-order valence-corrected chi connectivity index (χ2v) is 7.72. The molecule has 7 heteroatoms. The third-order valence-electron chi connectivity index (χ3n) is 5.51. The van der Waals surface area contributed by atoms with Crippen molar-refractivity contribution < 1.29 is 14.3 Å². The summed E-state index contributed by atoms with van der Waals surface area (Å²) in [4.78, 5) is 29.6. The highest BCUT2D eigenvalue weighted by molar-refractivity contribution is 5.93. The molecule has 1 aliphatic carbocycles. The van der Waals surface area contributed by atoms with Crippen LogP contribution in [0.4, 0.5) is 10.5 Å². The zero-order valence-corrected chi connectivity index (χ0v) is 18.1. The lowest BCUT2D eigenvalue weighted by molar-refractivity contribution is -0.133. The van der Waals surface area contributed by atoms with Crippen LogP contribution in [0.1, 0.15) is 31.0 Å². The van der Waals surface area contributed by atoms with Gasteiger partial charge in [0.15, 0.2) is 0 Å². The molecule has 3 rings (SSSR count). The molecule has 3 amide bonds. The Hall–Kier alpha value is -2.80. The molecule has 1 aromatic heterocycles. The standard InChI is InChI=1S/C23H32N4O3/c1-4-18-8-5-6-10-21(18)24-23(29)26(14-15-30-3)17-22(28)27(19-11-12-19)16-20-9-7-13-25(20)2/h5-10,13,19H,4,11-12,14-17H2,1-3H3,(H,24,29). The van der Waals surface area contributed by atoms with Gasteiger partial charge in [-0.1, -0.05) is 25.1 Å². The molecule has 0 aliphatic heterocycles. The lowest BCUT2D eigenvalue weighted by Crippen LogP contribution is -2.46. The summed E-state index contributed by atoms with van der Waals surface area (Å²) in [6, 6.07) is 11.7. The molecule has 0 unspecified atom stereocenters. The maximum Gasteiger partial charge on any atom is 0.322 e. The molecular formula is C23H32N4O3. The number of carbonyl (C=O) groups excluding carboxylic acids is 2. The first kappa shape index (κ1) is 21.9. The van der Waals surface area contributed by atoms with E-state index in [-0.39, 0.29) is 24.5 Å². The summed E-state index contributed by atoms with van der Waals surface area (Å²) in [5.74, 6) is -0.0336. The van der Waals surface area contributed by atoms with Gasteiger partial charge in [0.2, 0.25) is 5.91 Å². The van der Waals surface area contributed by atoms with E-state index in [1.54, 1.807) is 12.0 Å². The number of carbonyl (C=O) groups is 2. The van der Waals surface area contributed by atoms with Crippen molar-refractivity contribution in [3.8, 4) is 0 Å². The van der Waals surface area contributed by atoms with E-state index in [9.17, 15) is 9.59 Å². The molecular weight excluding hydrogens is 380 g/mol. The van der Waals surface area contributed by atoms with E-state index < -0.39 is 0 Å². The van der Waals surface area contributed by atoms with Crippen LogP contribution in [-0.2, 0) is 29.5 Å². The fourth-order valence-corrected chi connectivity index (χ4v) is 3.50. The third kappa shape index (κ3) is 5.63. The Kier molecular flexibility index (Phi) is 7.52. The Bertz CT molecular complexity index is 860. The molecule has 2 aromatic rings. The van der Waals surface area contributed by atoms with Crippen molar-refractivity contribution in [2.24, 2.45) is 7.05 Å². The summed E-state index contributed by atoms with van der Waals surface area (Å²) in [5.41, 5.74) is 2.93. The quantitative estimate of drug-likeness (QED) is 0.651. The van der Waals surface area contributed by atoms with Gasteiger partial charge in [-0.3, -0.25) is 4.79 Å². The molecule has 0 saturated heterocycles. The number of nitrogens with zero attached hydrogens (tertiary/aromatic N) is 3. The minimum Gasteiger partial charge on any atom is -0.383 e. The van der Waals surface area contributed by atoms with Gasteiger partial charge in [0.1, 0.15) is 6.54 Å². The second-order valence-electron chi connectivity index (χ2n) is 7.72. The number of aromatic nitrogens is 1. The molecule has 1 aromatic carbocycles. The number of anilines is 1. The molecule has 1 aliphatic rings. The average Bonchev–Trinajstić information content (AvgIpc) is 3.51. The first-order chi connectivity index (χ1) is 14.5. The number of rotatable bonds is 10. The van der Waals surface area contributed by atoms with E-state index in [0.717, 1.165) is 36.2 Å². The number of hydrogen-bond acceptors (Lipinski definition) is 3. The summed E-state index contributed by atoms with van der Waals surface area (Å²) in [6.45, 7) is 3.37. The first-order valence-electron chi connectivity index (χ1n) is 10.6. The van der Waals surface area contributed by atoms with Crippen molar-refractivity contribution in [2.45, 2.75) is 38.8 Å². The van der Waals surface area contributed by atoms with Crippen LogP contribution >= 0.6 is 0 Å². The van der Waals surface area contributed by atoms with Crippen molar-refractivity contribution in [3.05, 3.63) is 53.9 Å². The molecule has 1 fully saturated rings. The maximum absolute atomic E-state index is 13.2. The Morgan fingerprint density at radius 1 is 1.20 bits per heavy atom. The van der Waals surface area contributed by atoms with Crippen molar-refractivity contribution in [2.75, 3.05) is 32.1 Å². The predicted molar refractivity (Wildman–Crippen MR) is 117 cm³/mol. The average molecular weight is 413 g/mol. The minimum absolute atomic E-state index is 0.0322. The van der Waals surface area contributed by atoms with Gasteiger partial charge in [0.25, 0.3) is 0 Å². The number of hydrogen-bond donors (Lipinski definition) is 1. The van der Waals surface area contributed by atoms with Crippen LogP contribution in [0.3, 0.4) is 0 Å². The predicted octanol–water partition coefficient (Wildman–Crippen LogP) is 3.26. The molecule has 162 valence electrons. The molecule has 7 nitrogen and oxygen atoms in total. The zero-order chi connectivity index (χ0) is 21.5. The third-order valence-corrected chi connectivity index (χ3v) is 5.51. The molecule has 1 N–H and O–H groups in total. The van der Waals surface area contributed by atoms with Crippen LogP contribution in [0.2, 0.25) is 0 Å². The summed E-state index contributed by atoms with van der Waals surface area (Å²) in [5, 5.41) is 2.97. The summed E-state index contributed by atoms with van der Waals surface area (Å²) < 4.78 is 7.20. The topological polar surface area (TPSA) is 66.8 Å². The lowest BCUT2D eigenvalue weighted by Gasteiger charge is -2.28. The van der Waals surface area contributed by atoms with E-state index in [0.29, 0.717) is 19.7 Å². The molecule has 0 bridgehead atoms. The van der Waals surface area contributed by atoms with E-state index in [4.69, 9.17) is 4.74 Å². The highest BCUT2D eigenvalue weighted by atomic mass is 16.5. The van der Waals surface area contributed by atoms with E-state index in [1.807, 2.05) is 66.0 Å². The van der Waals surface area contributed by atoms with Gasteiger partial charge in [-0.25, -0.2) is 4.79 Å². The number of urea groups is 1. The number of methoxy groups -OCH3 is 1. The summed E-state index contributed by atoms with van der Waals surface area (Å²) >= 11 is 0. The SMILES string of the molecule is CCc1ccccc1NC(=O)N(CCOC)CC(=O)N(Cc1cccn1C)C1CC1. The number of benzene rings is 1.